The predicted molar refractivity (Wildman–Crippen MR) is 93.6 cm³/mol. The molecule has 2 aliphatic heterocycles. The van der Waals surface area contributed by atoms with Crippen LogP contribution in [0.5, 0.6) is 0 Å². The number of hydrogen-bond acceptors (Lipinski definition) is 4. The lowest BCUT2D eigenvalue weighted by atomic mass is 9.88. The monoisotopic (exact) mass is 378 g/mol. The average Bonchev–Trinajstić information content (AvgIpc) is 3.12. The highest BCUT2D eigenvalue weighted by molar-refractivity contribution is 5.89. The molecule has 3 atom stereocenters. The average molecular weight is 378 g/mol. The third-order valence-corrected chi connectivity index (χ3v) is 5.08. The second-order valence-corrected chi connectivity index (χ2v) is 6.94. The number of alkyl halides is 1. The molecule has 0 bridgehead atoms. The Morgan fingerprint density at radius 3 is 2.52 bits per heavy atom. The van der Waals surface area contributed by atoms with E-state index in [1.165, 1.54) is 4.90 Å². The highest BCUT2D eigenvalue weighted by atomic mass is 19.1. The molecule has 8 heteroatoms. The van der Waals surface area contributed by atoms with Gasteiger partial charge < -0.3 is 14.7 Å². The quantitative estimate of drug-likeness (QED) is 0.867. The number of hydrogen-bond donors (Lipinski definition) is 1. The first-order valence-electron chi connectivity index (χ1n) is 9.10. The smallest absolute Gasteiger partial charge is 0.410 e. The molecular formula is C19H23FN2O5. The Morgan fingerprint density at radius 2 is 1.89 bits per heavy atom. The van der Waals surface area contributed by atoms with Gasteiger partial charge in [0.15, 0.2) is 0 Å². The van der Waals surface area contributed by atoms with E-state index >= 15 is 0 Å². The second kappa shape index (κ2) is 8.37. The topological polar surface area (TPSA) is 87.2 Å². The zero-order chi connectivity index (χ0) is 19.4. The van der Waals surface area contributed by atoms with Crippen LogP contribution in [0.1, 0.15) is 24.8 Å². The fourth-order valence-corrected chi connectivity index (χ4v) is 3.72. The summed E-state index contributed by atoms with van der Waals surface area (Å²) < 4.78 is 18.7. The molecule has 2 aliphatic rings. The van der Waals surface area contributed by atoms with E-state index in [-0.39, 0.29) is 32.7 Å². The van der Waals surface area contributed by atoms with Crippen molar-refractivity contribution in [1.29, 1.82) is 0 Å². The summed E-state index contributed by atoms with van der Waals surface area (Å²) in [6.45, 7) is 0.498. The van der Waals surface area contributed by atoms with Gasteiger partial charge >= 0.3 is 12.1 Å². The summed E-state index contributed by atoms with van der Waals surface area (Å²) in [5, 5.41) is 9.66. The Balaban J connectivity index is 1.69. The molecule has 27 heavy (non-hydrogen) atoms. The number of halogens is 1. The van der Waals surface area contributed by atoms with Crippen molar-refractivity contribution in [1.82, 2.24) is 9.80 Å². The van der Waals surface area contributed by atoms with Crippen molar-refractivity contribution in [2.24, 2.45) is 5.92 Å². The van der Waals surface area contributed by atoms with Crippen LogP contribution < -0.4 is 0 Å². The minimum atomic E-state index is -1.30. The van der Waals surface area contributed by atoms with Crippen LogP contribution in [0, 0.1) is 5.92 Å². The summed E-state index contributed by atoms with van der Waals surface area (Å²) in [6.07, 6.45) is -0.723. The van der Waals surface area contributed by atoms with E-state index in [1.807, 2.05) is 18.2 Å². The summed E-state index contributed by atoms with van der Waals surface area (Å²) in [7, 11) is 0. The minimum absolute atomic E-state index is 0.0138. The number of likely N-dealkylation sites (tertiary alicyclic amines) is 2. The lowest BCUT2D eigenvalue weighted by Gasteiger charge is -2.38. The Labute approximate surface area is 156 Å². The first-order valence-corrected chi connectivity index (χ1v) is 9.10. The Bertz CT molecular complexity index is 699. The van der Waals surface area contributed by atoms with Gasteiger partial charge in [0.1, 0.15) is 18.8 Å². The number of carbonyl (C=O) groups excluding carboxylic acids is 2. The number of benzene rings is 1. The molecule has 2 saturated heterocycles. The van der Waals surface area contributed by atoms with Crippen molar-refractivity contribution in [2.75, 3.05) is 19.6 Å². The normalized spacial score (nSPS) is 25.3. The standard InChI is InChI=1S/C19H23FN2O5/c20-14-8-10-21(11-14)17(23)15-7-4-9-22(16(15)18(24)25)19(26)27-12-13-5-2-1-3-6-13/h1-3,5-6,14-16H,4,7-12H2,(H,24,25)/t14-,15-,16+/m0/s1. The summed E-state index contributed by atoms with van der Waals surface area (Å²) in [5.74, 6) is -2.53. The van der Waals surface area contributed by atoms with Crippen LogP contribution in [0.2, 0.25) is 0 Å². The molecule has 7 nitrogen and oxygen atoms in total. The van der Waals surface area contributed by atoms with Crippen molar-refractivity contribution >= 4 is 18.0 Å². The third-order valence-electron chi connectivity index (χ3n) is 5.08. The Hall–Kier alpha value is -2.64. The second-order valence-electron chi connectivity index (χ2n) is 6.94. The van der Waals surface area contributed by atoms with E-state index < -0.39 is 36.1 Å². The van der Waals surface area contributed by atoms with E-state index in [9.17, 15) is 23.9 Å². The summed E-state index contributed by atoms with van der Waals surface area (Å²) in [6, 6.07) is 7.76. The molecule has 2 amide bonds. The highest BCUT2D eigenvalue weighted by Crippen LogP contribution is 2.28. The van der Waals surface area contributed by atoms with Gasteiger partial charge in [0.2, 0.25) is 5.91 Å². The number of rotatable bonds is 4. The van der Waals surface area contributed by atoms with Gasteiger partial charge in [-0.2, -0.15) is 0 Å². The van der Waals surface area contributed by atoms with E-state index in [1.54, 1.807) is 12.1 Å². The molecule has 1 N–H and O–H groups in total. The van der Waals surface area contributed by atoms with Crippen LogP contribution in [0.15, 0.2) is 30.3 Å². The van der Waals surface area contributed by atoms with Gasteiger partial charge in [-0.1, -0.05) is 30.3 Å². The number of piperidine rings is 1. The maximum Gasteiger partial charge on any atom is 0.410 e. The lowest BCUT2D eigenvalue weighted by molar-refractivity contribution is -0.153. The van der Waals surface area contributed by atoms with E-state index in [4.69, 9.17) is 4.74 Å². The number of nitrogens with zero attached hydrogens (tertiary/aromatic N) is 2. The molecule has 0 unspecified atom stereocenters. The molecule has 146 valence electrons. The van der Waals surface area contributed by atoms with Crippen LogP contribution in [0.3, 0.4) is 0 Å². The van der Waals surface area contributed by atoms with Crippen molar-refractivity contribution < 1.29 is 28.6 Å². The zero-order valence-corrected chi connectivity index (χ0v) is 14.9. The van der Waals surface area contributed by atoms with Crippen LogP contribution in [0.25, 0.3) is 0 Å². The molecule has 0 radical (unpaired) electrons. The third kappa shape index (κ3) is 4.37. The zero-order valence-electron chi connectivity index (χ0n) is 14.9. The van der Waals surface area contributed by atoms with Crippen LogP contribution in [-0.4, -0.2) is 64.7 Å². The number of carbonyl (C=O) groups is 3. The fraction of sp³-hybridized carbons (Fsp3) is 0.526. The molecule has 2 fully saturated rings. The van der Waals surface area contributed by atoms with Crippen molar-refractivity contribution in [3.63, 3.8) is 0 Å². The lowest BCUT2D eigenvalue weighted by Crippen LogP contribution is -2.56. The van der Waals surface area contributed by atoms with Gasteiger partial charge in [-0.25, -0.2) is 14.0 Å². The maximum atomic E-state index is 13.4. The fourth-order valence-electron chi connectivity index (χ4n) is 3.72. The summed E-state index contributed by atoms with van der Waals surface area (Å²) in [4.78, 5) is 39.5. The predicted octanol–water partition coefficient (Wildman–Crippen LogP) is 2.06. The highest BCUT2D eigenvalue weighted by Gasteiger charge is 2.45. The SMILES string of the molecule is O=C(O)[C@H]1[C@@H](C(=O)N2CC[C@H](F)C2)CCCN1C(=O)OCc1ccccc1. The molecule has 0 saturated carbocycles. The number of ether oxygens (including phenoxy) is 1. The number of carboxylic acid groups (broad SMARTS) is 1. The van der Waals surface area contributed by atoms with Gasteiger partial charge in [0, 0.05) is 13.1 Å². The largest absolute Gasteiger partial charge is 0.480 e. The maximum absolute atomic E-state index is 13.4. The summed E-state index contributed by atoms with van der Waals surface area (Å²) >= 11 is 0. The first-order chi connectivity index (χ1) is 13.0. The molecule has 0 spiro atoms. The van der Waals surface area contributed by atoms with Crippen LogP contribution >= 0.6 is 0 Å². The van der Waals surface area contributed by atoms with Gasteiger partial charge in [0.25, 0.3) is 0 Å². The number of carboxylic acids is 1. The van der Waals surface area contributed by atoms with Gasteiger partial charge in [-0.3, -0.25) is 9.69 Å². The Kier molecular flexibility index (Phi) is 5.93. The van der Waals surface area contributed by atoms with Gasteiger partial charge in [-0.15, -0.1) is 0 Å². The minimum Gasteiger partial charge on any atom is -0.480 e. The van der Waals surface area contributed by atoms with Gasteiger partial charge in [0.05, 0.1) is 12.5 Å². The number of amides is 2. The van der Waals surface area contributed by atoms with E-state index in [0.29, 0.717) is 12.8 Å². The van der Waals surface area contributed by atoms with Gasteiger partial charge in [-0.05, 0) is 24.8 Å². The van der Waals surface area contributed by atoms with Crippen molar-refractivity contribution in [2.45, 2.75) is 38.1 Å². The van der Waals surface area contributed by atoms with Crippen molar-refractivity contribution in [3.8, 4) is 0 Å². The van der Waals surface area contributed by atoms with Crippen LogP contribution in [-0.2, 0) is 20.9 Å². The van der Waals surface area contributed by atoms with E-state index in [0.717, 1.165) is 10.5 Å². The molecule has 2 heterocycles. The molecule has 0 aliphatic carbocycles. The Morgan fingerprint density at radius 1 is 1.15 bits per heavy atom. The van der Waals surface area contributed by atoms with Crippen molar-refractivity contribution in [3.05, 3.63) is 35.9 Å². The summed E-state index contributed by atoms with van der Waals surface area (Å²) in [5.41, 5.74) is 0.786. The van der Waals surface area contributed by atoms with Crippen LogP contribution in [0.4, 0.5) is 9.18 Å². The molecule has 3 rings (SSSR count). The number of aliphatic carboxylic acids is 1. The first kappa shape index (κ1) is 19.1. The molecule has 1 aromatic carbocycles. The molecular weight excluding hydrogens is 355 g/mol. The molecule has 1 aromatic rings. The molecule has 0 aromatic heterocycles. The van der Waals surface area contributed by atoms with E-state index in [2.05, 4.69) is 0 Å².